The molecule has 0 aliphatic heterocycles. The van der Waals surface area contributed by atoms with Crippen LogP contribution in [0.25, 0.3) is 10.2 Å². The fourth-order valence-corrected chi connectivity index (χ4v) is 5.05. The number of aryl methyl sites for hydroxylation is 1. The zero-order valence-corrected chi connectivity index (χ0v) is 18.2. The van der Waals surface area contributed by atoms with Gasteiger partial charge >= 0.3 is 0 Å². The van der Waals surface area contributed by atoms with Crippen molar-refractivity contribution in [2.75, 3.05) is 5.75 Å². The van der Waals surface area contributed by atoms with Crippen molar-refractivity contribution in [3.63, 3.8) is 0 Å². The standard InChI is InChI=1S/C22H26N2O2S2/c1-4-14(2)13-17-15(3)28-21-19(17)20(26)23-22(24-21)27-12-8-11-18(25)16-9-6-5-7-10-16/h5-7,9-10,14H,4,8,11-13H2,1-3H3,(H,23,24,26). The number of benzene rings is 1. The maximum absolute atomic E-state index is 12.7. The molecule has 1 N–H and O–H groups in total. The van der Waals surface area contributed by atoms with Gasteiger partial charge in [0.15, 0.2) is 10.9 Å². The van der Waals surface area contributed by atoms with Gasteiger partial charge in [0.2, 0.25) is 0 Å². The molecule has 3 rings (SSSR count). The maximum Gasteiger partial charge on any atom is 0.260 e. The average molecular weight is 415 g/mol. The van der Waals surface area contributed by atoms with Crippen LogP contribution in [0, 0.1) is 12.8 Å². The van der Waals surface area contributed by atoms with Crippen molar-refractivity contribution in [3.05, 3.63) is 56.7 Å². The Morgan fingerprint density at radius 1 is 1.29 bits per heavy atom. The SMILES string of the molecule is CCC(C)Cc1c(C)sc2nc(SCCCC(=O)c3ccccc3)[nH]c(=O)c12. The van der Waals surface area contributed by atoms with Gasteiger partial charge in [-0.25, -0.2) is 4.98 Å². The molecule has 28 heavy (non-hydrogen) atoms. The number of nitrogens with zero attached hydrogens (tertiary/aromatic N) is 1. The van der Waals surface area contributed by atoms with E-state index in [1.54, 1.807) is 11.3 Å². The number of thiophene rings is 1. The third-order valence-corrected chi connectivity index (χ3v) is 6.97. The van der Waals surface area contributed by atoms with Crippen LogP contribution in [0.5, 0.6) is 0 Å². The first-order valence-electron chi connectivity index (χ1n) is 9.73. The van der Waals surface area contributed by atoms with E-state index in [-0.39, 0.29) is 11.3 Å². The van der Waals surface area contributed by atoms with Crippen molar-refractivity contribution in [1.82, 2.24) is 9.97 Å². The molecule has 0 fully saturated rings. The Hall–Kier alpha value is -1.92. The van der Waals surface area contributed by atoms with Gasteiger partial charge in [0, 0.05) is 22.6 Å². The summed E-state index contributed by atoms with van der Waals surface area (Å²) in [6.07, 6.45) is 3.27. The summed E-state index contributed by atoms with van der Waals surface area (Å²) >= 11 is 3.11. The summed E-state index contributed by atoms with van der Waals surface area (Å²) < 4.78 is 0. The molecule has 0 saturated heterocycles. The highest BCUT2D eigenvalue weighted by atomic mass is 32.2. The van der Waals surface area contributed by atoms with Crippen LogP contribution in [0.4, 0.5) is 0 Å². The number of carbonyl (C=O) groups is 1. The first-order chi connectivity index (χ1) is 13.5. The lowest BCUT2D eigenvalue weighted by molar-refractivity contribution is 0.0982. The monoisotopic (exact) mass is 414 g/mol. The second-order valence-corrected chi connectivity index (χ2v) is 9.43. The lowest BCUT2D eigenvalue weighted by Gasteiger charge is -2.08. The van der Waals surface area contributed by atoms with Crippen LogP contribution in [0.2, 0.25) is 0 Å². The Labute approximate surface area is 173 Å². The molecule has 2 heterocycles. The number of thioether (sulfide) groups is 1. The van der Waals surface area contributed by atoms with E-state index in [1.165, 1.54) is 16.6 Å². The summed E-state index contributed by atoms with van der Waals surface area (Å²) in [5.41, 5.74) is 1.85. The molecule has 0 spiro atoms. The van der Waals surface area contributed by atoms with Crippen LogP contribution in [0.3, 0.4) is 0 Å². The molecule has 0 radical (unpaired) electrons. The molecular weight excluding hydrogens is 388 g/mol. The number of fused-ring (bicyclic) bond motifs is 1. The molecule has 3 aromatic rings. The minimum absolute atomic E-state index is 0.0458. The largest absolute Gasteiger partial charge is 0.301 e. The molecule has 1 aromatic carbocycles. The molecule has 4 nitrogen and oxygen atoms in total. The zero-order valence-electron chi connectivity index (χ0n) is 16.6. The van der Waals surface area contributed by atoms with E-state index in [1.807, 2.05) is 30.3 Å². The Bertz CT molecular complexity index is 1010. The first kappa shape index (κ1) is 20.8. The van der Waals surface area contributed by atoms with Gasteiger partial charge in [-0.3, -0.25) is 9.59 Å². The molecule has 1 unspecified atom stereocenters. The highest BCUT2D eigenvalue weighted by Gasteiger charge is 2.17. The number of carbonyl (C=O) groups excluding carboxylic acids is 1. The van der Waals surface area contributed by atoms with Crippen molar-refractivity contribution in [1.29, 1.82) is 0 Å². The number of hydrogen-bond donors (Lipinski definition) is 1. The lowest BCUT2D eigenvalue weighted by atomic mass is 9.98. The summed E-state index contributed by atoms with van der Waals surface area (Å²) in [6, 6.07) is 9.36. The summed E-state index contributed by atoms with van der Waals surface area (Å²) in [5.74, 6) is 1.45. The smallest absolute Gasteiger partial charge is 0.260 e. The van der Waals surface area contributed by atoms with Crippen molar-refractivity contribution in [3.8, 4) is 0 Å². The van der Waals surface area contributed by atoms with Crippen LogP contribution >= 0.6 is 23.1 Å². The lowest BCUT2D eigenvalue weighted by Crippen LogP contribution is -2.11. The molecule has 6 heteroatoms. The summed E-state index contributed by atoms with van der Waals surface area (Å²) in [6.45, 7) is 6.46. The van der Waals surface area contributed by atoms with Gasteiger partial charge in [-0.05, 0) is 31.2 Å². The third kappa shape index (κ3) is 4.92. The molecule has 1 atom stereocenters. The topological polar surface area (TPSA) is 62.8 Å². The fourth-order valence-electron chi connectivity index (χ4n) is 3.13. The molecule has 148 valence electrons. The first-order valence-corrected chi connectivity index (χ1v) is 11.5. The van der Waals surface area contributed by atoms with Gasteiger partial charge in [0.1, 0.15) is 4.83 Å². The second-order valence-electron chi connectivity index (χ2n) is 7.15. The van der Waals surface area contributed by atoms with Gasteiger partial charge in [0.25, 0.3) is 5.56 Å². The highest BCUT2D eigenvalue weighted by molar-refractivity contribution is 7.99. The molecule has 0 amide bonds. The second kappa shape index (κ2) is 9.52. The summed E-state index contributed by atoms with van der Waals surface area (Å²) in [7, 11) is 0. The predicted octanol–water partition coefficient (Wildman–Crippen LogP) is 5.64. The van der Waals surface area contributed by atoms with E-state index in [4.69, 9.17) is 0 Å². The maximum atomic E-state index is 12.7. The predicted molar refractivity (Wildman–Crippen MR) is 119 cm³/mol. The van der Waals surface area contributed by atoms with Gasteiger partial charge in [-0.2, -0.15) is 0 Å². The minimum atomic E-state index is -0.0458. The van der Waals surface area contributed by atoms with Crippen LogP contribution < -0.4 is 5.56 Å². The molecule has 2 aromatic heterocycles. The number of ketones is 1. The summed E-state index contributed by atoms with van der Waals surface area (Å²) in [5, 5.41) is 1.40. The quantitative estimate of drug-likeness (QED) is 0.213. The Balaban J connectivity index is 1.64. The number of H-pyrrole nitrogens is 1. The van der Waals surface area contributed by atoms with Crippen LogP contribution in [0.1, 0.15) is 53.9 Å². The number of rotatable bonds is 9. The van der Waals surface area contributed by atoms with Gasteiger partial charge in [-0.1, -0.05) is 62.4 Å². The van der Waals surface area contributed by atoms with Crippen LogP contribution in [-0.4, -0.2) is 21.5 Å². The number of Topliss-reactive ketones (excluding diaryl/α,β-unsaturated/α-hetero) is 1. The van der Waals surface area contributed by atoms with Gasteiger partial charge < -0.3 is 4.98 Å². The Kier molecular flexibility index (Phi) is 7.08. The van der Waals surface area contributed by atoms with Crippen molar-refractivity contribution >= 4 is 39.1 Å². The minimum Gasteiger partial charge on any atom is -0.301 e. The normalized spacial score (nSPS) is 12.4. The number of hydrogen-bond acceptors (Lipinski definition) is 5. The van der Waals surface area contributed by atoms with Gasteiger partial charge in [-0.15, -0.1) is 11.3 Å². The Morgan fingerprint density at radius 2 is 2.04 bits per heavy atom. The number of aromatic nitrogens is 2. The molecule has 0 saturated carbocycles. The van der Waals surface area contributed by atoms with E-state index >= 15 is 0 Å². The number of nitrogens with one attached hydrogen (secondary N) is 1. The van der Waals surface area contributed by atoms with Crippen LogP contribution in [-0.2, 0) is 6.42 Å². The highest BCUT2D eigenvalue weighted by Crippen LogP contribution is 2.30. The van der Waals surface area contributed by atoms with Crippen molar-refractivity contribution in [2.45, 2.75) is 51.6 Å². The summed E-state index contributed by atoms with van der Waals surface area (Å²) in [4.78, 5) is 34.4. The van der Waals surface area contributed by atoms with Crippen molar-refractivity contribution in [2.24, 2.45) is 5.92 Å². The third-order valence-electron chi connectivity index (χ3n) is 4.97. The van der Waals surface area contributed by atoms with Crippen molar-refractivity contribution < 1.29 is 4.79 Å². The van der Waals surface area contributed by atoms with E-state index in [2.05, 4.69) is 30.7 Å². The van der Waals surface area contributed by atoms with E-state index < -0.39 is 0 Å². The van der Waals surface area contributed by atoms with Crippen LogP contribution in [0.15, 0.2) is 40.3 Å². The fraction of sp³-hybridized carbons (Fsp3) is 0.409. The van der Waals surface area contributed by atoms with E-state index in [0.717, 1.165) is 46.4 Å². The zero-order chi connectivity index (χ0) is 20.1. The average Bonchev–Trinajstić information content (AvgIpc) is 3.01. The van der Waals surface area contributed by atoms with E-state index in [9.17, 15) is 9.59 Å². The van der Waals surface area contributed by atoms with E-state index in [0.29, 0.717) is 17.5 Å². The van der Waals surface area contributed by atoms with Gasteiger partial charge in [0.05, 0.1) is 5.39 Å². The molecular formula is C22H26N2O2S2. The number of aromatic amines is 1. The molecule has 0 bridgehead atoms. The Morgan fingerprint density at radius 3 is 2.75 bits per heavy atom. The molecule has 0 aliphatic rings. The molecule has 0 aliphatic carbocycles.